The first kappa shape index (κ1) is 23.7. The number of carbonyl (C=O) groups excluding carboxylic acids is 1. The van der Waals surface area contributed by atoms with E-state index in [1.165, 1.54) is 4.57 Å². The molecule has 34 heavy (non-hydrogen) atoms. The molecule has 10 heteroatoms. The highest BCUT2D eigenvalue weighted by Gasteiger charge is 2.33. The van der Waals surface area contributed by atoms with E-state index in [9.17, 15) is 25.1 Å². The number of aliphatic hydroxyl groups is 2. The van der Waals surface area contributed by atoms with Gasteiger partial charge in [-0.25, -0.2) is 4.79 Å². The largest absolute Gasteiger partial charge is 0.419 e. The summed E-state index contributed by atoms with van der Waals surface area (Å²) in [5.74, 6) is -0.877. The first-order valence-electron chi connectivity index (χ1n) is 10.9. The molecule has 0 bridgehead atoms. The molecule has 0 radical (unpaired) electrons. The highest BCUT2D eigenvalue weighted by Crippen LogP contribution is 2.24. The number of rotatable bonds is 6. The summed E-state index contributed by atoms with van der Waals surface area (Å²) in [5.41, 5.74) is 2.50. The fraction of sp³-hybridized carbons (Fsp3) is 0.375. The van der Waals surface area contributed by atoms with Gasteiger partial charge in [-0.15, -0.1) is 0 Å². The first-order chi connectivity index (χ1) is 16.3. The van der Waals surface area contributed by atoms with Crippen molar-refractivity contribution in [1.29, 1.82) is 5.26 Å². The number of ether oxygens (including phenoxy) is 1. The number of aliphatic hydroxyl groups excluding tert-OH is 1. The molecule has 0 saturated carbocycles. The van der Waals surface area contributed by atoms with E-state index in [-0.39, 0.29) is 19.7 Å². The second-order valence-electron chi connectivity index (χ2n) is 8.51. The van der Waals surface area contributed by atoms with E-state index in [2.05, 4.69) is 16.7 Å². The summed E-state index contributed by atoms with van der Waals surface area (Å²) < 4.78 is 12.1. The van der Waals surface area contributed by atoms with Crippen LogP contribution in [0.15, 0.2) is 51.7 Å². The molecule has 3 aromatic rings. The Kier molecular flexibility index (Phi) is 6.81. The normalized spacial score (nSPS) is 21.5. The van der Waals surface area contributed by atoms with Gasteiger partial charge < -0.3 is 30.0 Å². The third-order valence-electron chi connectivity index (χ3n) is 5.91. The number of carbonyl (C=O) groups is 1. The van der Waals surface area contributed by atoms with Gasteiger partial charge in [0.15, 0.2) is 5.58 Å². The van der Waals surface area contributed by atoms with Gasteiger partial charge >= 0.3 is 5.76 Å². The average molecular weight is 466 g/mol. The summed E-state index contributed by atoms with van der Waals surface area (Å²) >= 11 is 0. The van der Waals surface area contributed by atoms with Gasteiger partial charge in [-0.05, 0) is 28.8 Å². The van der Waals surface area contributed by atoms with Crippen molar-refractivity contribution in [1.82, 2.24) is 15.2 Å². The van der Waals surface area contributed by atoms with Crippen LogP contribution < -0.4 is 16.4 Å². The number of hydrogen-bond donors (Lipinski definition) is 4. The number of oxazole rings is 1. The number of aromatic nitrogens is 1. The molecule has 1 fully saturated rings. The van der Waals surface area contributed by atoms with Crippen LogP contribution in [-0.2, 0) is 23.0 Å². The summed E-state index contributed by atoms with van der Waals surface area (Å²) in [6.45, 7) is -0.413. The quantitative estimate of drug-likeness (QED) is 0.398. The van der Waals surface area contributed by atoms with Crippen LogP contribution in [-0.4, -0.2) is 64.7 Å². The van der Waals surface area contributed by atoms with E-state index >= 15 is 0 Å². The lowest BCUT2D eigenvalue weighted by atomic mass is 10.0. The standard InChI is InChI=1S/C24H26N4O6/c1-28-19-9-17(6-7-20(19)34-23(28)31)16-4-2-15(3-5-16)8-18(10-25)27-22(30)21-11-26-12-24(32,13-29)14-33-21/h2-7,9,18,21,26,29,32H,8,11-14H2,1H3,(H,27,30). The van der Waals surface area contributed by atoms with Crippen LogP contribution >= 0.6 is 0 Å². The van der Waals surface area contributed by atoms with Crippen LogP contribution in [0.25, 0.3) is 22.2 Å². The summed E-state index contributed by atoms with van der Waals surface area (Å²) in [4.78, 5) is 24.3. The number of benzene rings is 2. The fourth-order valence-electron chi connectivity index (χ4n) is 3.84. The molecule has 1 aliphatic heterocycles. The van der Waals surface area contributed by atoms with Crippen molar-refractivity contribution in [3.05, 3.63) is 58.6 Å². The fourth-order valence-corrected chi connectivity index (χ4v) is 3.84. The maximum Gasteiger partial charge on any atom is 0.419 e. The van der Waals surface area contributed by atoms with Gasteiger partial charge in [0.05, 0.1) is 24.8 Å². The van der Waals surface area contributed by atoms with Gasteiger partial charge in [-0.2, -0.15) is 5.26 Å². The Labute approximate surface area is 195 Å². The van der Waals surface area contributed by atoms with E-state index < -0.39 is 36.0 Å². The Morgan fingerprint density at radius 3 is 2.76 bits per heavy atom. The van der Waals surface area contributed by atoms with Gasteiger partial charge in [-0.3, -0.25) is 9.36 Å². The van der Waals surface area contributed by atoms with Gasteiger partial charge in [0.1, 0.15) is 17.7 Å². The summed E-state index contributed by atoms with van der Waals surface area (Å²) in [7, 11) is 1.65. The second-order valence-corrected chi connectivity index (χ2v) is 8.51. The number of aryl methyl sites for hydroxylation is 1. The Morgan fingerprint density at radius 2 is 2.06 bits per heavy atom. The summed E-state index contributed by atoms with van der Waals surface area (Å²) in [6.07, 6.45) is -0.578. The molecule has 2 heterocycles. The maximum absolute atomic E-state index is 12.6. The third kappa shape index (κ3) is 5.03. The Bertz CT molecular complexity index is 1280. The average Bonchev–Trinajstić information content (AvgIpc) is 3.00. The monoisotopic (exact) mass is 466 g/mol. The molecular weight excluding hydrogens is 440 g/mol. The van der Waals surface area contributed by atoms with E-state index in [0.717, 1.165) is 16.7 Å². The van der Waals surface area contributed by atoms with E-state index in [1.807, 2.05) is 36.4 Å². The zero-order valence-electron chi connectivity index (χ0n) is 18.7. The molecule has 0 aliphatic carbocycles. The predicted molar refractivity (Wildman–Crippen MR) is 123 cm³/mol. The number of fused-ring (bicyclic) bond motifs is 1. The topological polar surface area (TPSA) is 150 Å². The van der Waals surface area contributed by atoms with Crippen molar-refractivity contribution in [3.63, 3.8) is 0 Å². The van der Waals surface area contributed by atoms with E-state index in [4.69, 9.17) is 9.15 Å². The van der Waals surface area contributed by atoms with Gasteiger partial charge in [0, 0.05) is 26.6 Å². The highest BCUT2D eigenvalue weighted by atomic mass is 16.5. The first-order valence-corrected chi connectivity index (χ1v) is 10.9. The lowest BCUT2D eigenvalue weighted by Gasteiger charge is -2.23. The van der Waals surface area contributed by atoms with Crippen LogP contribution in [0, 0.1) is 11.3 Å². The number of amides is 1. The van der Waals surface area contributed by atoms with Gasteiger partial charge in [-0.1, -0.05) is 30.3 Å². The molecule has 4 N–H and O–H groups in total. The van der Waals surface area contributed by atoms with Crippen molar-refractivity contribution < 1.29 is 24.2 Å². The van der Waals surface area contributed by atoms with E-state index in [0.29, 0.717) is 17.5 Å². The minimum atomic E-state index is -1.44. The number of nitrogens with one attached hydrogen (secondary N) is 2. The zero-order valence-corrected chi connectivity index (χ0v) is 18.7. The molecule has 1 saturated heterocycles. The smallest absolute Gasteiger partial charge is 0.408 e. The SMILES string of the molecule is Cn1c(=O)oc2ccc(-c3ccc(CC(C#N)NC(=O)C4CNCC(O)(CO)CO4)cc3)cc21. The minimum Gasteiger partial charge on any atom is -0.408 e. The third-order valence-corrected chi connectivity index (χ3v) is 5.91. The lowest BCUT2D eigenvalue weighted by molar-refractivity contribution is -0.137. The number of hydrogen-bond acceptors (Lipinski definition) is 8. The number of nitrogens with zero attached hydrogens (tertiary/aromatic N) is 2. The van der Waals surface area contributed by atoms with Crippen molar-refractivity contribution in [2.75, 3.05) is 26.3 Å². The molecule has 1 aliphatic rings. The molecular formula is C24H26N4O6. The van der Waals surface area contributed by atoms with E-state index in [1.54, 1.807) is 13.1 Å². The Morgan fingerprint density at radius 1 is 1.32 bits per heavy atom. The molecule has 4 rings (SSSR count). The van der Waals surface area contributed by atoms with Crippen LogP contribution in [0.4, 0.5) is 0 Å². The van der Waals surface area contributed by atoms with Crippen molar-refractivity contribution in [2.45, 2.75) is 24.2 Å². The van der Waals surface area contributed by atoms with Crippen LogP contribution in [0.1, 0.15) is 5.56 Å². The highest BCUT2D eigenvalue weighted by molar-refractivity contribution is 5.82. The Hall–Kier alpha value is -3.49. The number of nitriles is 1. The lowest BCUT2D eigenvalue weighted by Crippen LogP contribution is -2.46. The van der Waals surface area contributed by atoms with Crippen LogP contribution in [0.5, 0.6) is 0 Å². The molecule has 178 valence electrons. The van der Waals surface area contributed by atoms with Crippen molar-refractivity contribution >= 4 is 17.0 Å². The zero-order chi connectivity index (χ0) is 24.3. The van der Waals surface area contributed by atoms with Crippen LogP contribution in [0.3, 0.4) is 0 Å². The molecule has 3 unspecified atom stereocenters. The molecule has 2 aromatic carbocycles. The van der Waals surface area contributed by atoms with Gasteiger partial charge in [0.2, 0.25) is 0 Å². The molecule has 1 aromatic heterocycles. The maximum atomic E-state index is 12.6. The van der Waals surface area contributed by atoms with Crippen molar-refractivity contribution in [3.8, 4) is 17.2 Å². The predicted octanol–water partition coefficient (Wildman–Crippen LogP) is 0.0612. The van der Waals surface area contributed by atoms with Crippen LogP contribution in [0.2, 0.25) is 0 Å². The molecule has 10 nitrogen and oxygen atoms in total. The molecule has 0 spiro atoms. The number of β-amino-alcohol motifs (C(OH)–C–C–N with tert-alkyl or cyclic N) is 1. The second kappa shape index (κ2) is 9.79. The van der Waals surface area contributed by atoms with Crippen molar-refractivity contribution in [2.24, 2.45) is 7.05 Å². The Balaban J connectivity index is 1.40. The molecule has 3 atom stereocenters. The molecule has 1 amide bonds. The minimum absolute atomic E-state index is 0.102. The summed E-state index contributed by atoms with van der Waals surface area (Å²) in [5, 5.41) is 34.5. The van der Waals surface area contributed by atoms with Gasteiger partial charge in [0.25, 0.3) is 5.91 Å². The summed E-state index contributed by atoms with van der Waals surface area (Å²) in [6, 6.07) is 14.4.